The molecule has 2 aromatic carbocycles. The minimum Gasteiger partial charge on any atom is -0.496 e. The van der Waals surface area contributed by atoms with Crippen LogP contribution < -0.4 is 10.1 Å². The van der Waals surface area contributed by atoms with Crippen molar-refractivity contribution in [1.82, 2.24) is 25.5 Å². The SMILES string of the molecule is COc1cc(-n2cnnn2)c(Cl)cc1C(=O)NCc1ccccc1Cl. The molecule has 1 aromatic heterocycles. The van der Waals surface area contributed by atoms with E-state index in [2.05, 4.69) is 20.8 Å². The molecule has 0 atom stereocenters. The number of nitrogens with zero attached hydrogens (tertiary/aromatic N) is 4. The molecule has 128 valence electrons. The van der Waals surface area contributed by atoms with Gasteiger partial charge in [0.15, 0.2) is 0 Å². The normalized spacial score (nSPS) is 10.5. The van der Waals surface area contributed by atoms with Gasteiger partial charge in [0.25, 0.3) is 5.91 Å². The van der Waals surface area contributed by atoms with Crippen LogP contribution in [0.1, 0.15) is 15.9 Å². The average Bonchev–Trinajstić information content (AvgIpc) is 3.15. The van der Waals surface area contributed by atoms with Crippen molar-refractivity contribution in [3.8, 4) is 11.4 Å². The molecule has 0 aliphatic rings. The Hall–Kier alpha value is -2.64. The highest BCUT2D eigenvalue weighted by Crippen LogP contribution is 2.29. The van der Waals surface area contributed by atoms with Crippen molar-refractivity contribution in [1.29, 1.82) is 0 Å². The molecule has 0 unspecified atom stereocenters. The molecule has 0 radical (unpaired) electrons. The molecule has 9 heteroatoms. The standard InChI is InChI=1S/C16H13Cl2N5O2/c1-25-15-7-14(23-9-20-21-22-23)13(18)6-11(15)16(24)19-8-10-4-2-3-5-12(10)17/h2-7,9H,8H2,1H3,(H,19,24). The summed E-state index contributed by atoms with van der Waals surface area (Å²) in [7, 11) is 1.47. The van der Waals surface area contributed by atoms with Gasteiger partial charge in [-0.3, -0.25) is 4.79 Å². The Morgan fingerprint density at radius 1 is 1.24 bits per heavy atom. The zero-order chi connectivity index (χ0) is 17.8. The van der Waals surface area contributed by atoms with Crippen LogP contribution in [0, 0.1) is 0 Å². The van der Waals surface area contributed by atoms with E-state index in [1.165, 1.54) is 24.2 Å². The Bertz CT molecular complexity index is 900. The van der Waals surface area contributed by atoms with Gasteiger partial charge in [-0.1, -0.05) is 41.4 Å². The Morgan fingerprint density at radius 2 is 2.04 bits per heavy atom. The molecular formula is C16H13Cl2N5O2. The molecule has 0 saturated heterocycles. The molecule has 1 N–H and O–H groups in total. The fourth-order valence-corrected chi connectivity index (χ4v) is 2.70. The minimum absolute atomic E-state index is 0.286. The number of methoxy groups -OCH3 is 1. The number of nitrogens with one attached hydrogen (secondary N) is 1. The number of carbonyl (C=O) groups excluding carboxylic acids is 1. The summed E-state index contributed by atoms with van der Waals surface area (Å²) in [6, 6.07) is 10.4. The van der Waals surface area contributed by atoms with Crippen LogP contribution in [-0.2, 0) is 6.54 Å². The van der Waals surface area contributed by atoms with Gasteiger partial charge in [0, 0.05) is 17.6 Å². The van der Waals surface area contributed by atoms with Crippen LogP contribution in [0.5, 0.6) is 5.75 Å². The molecular weight excluding hydrogens is 365 g/mol. The minimum atomic E-state index is -0.332. The van der Waals surface area contributed by atoms with Crippen molar-refractivity contribution in [2.45, 2.75) is 6.54 Å². The maximum Gasteiger partial charge on any atom is 0.255 e. The largest absolute Gasteiger partial charge is 0.496 e. The first kappa shape index (κ1) is 17.2. The van der Waals surface area contributed by atoms with Gasteiger partial charge in [0.1, 0.15) is 12.1 Å². The third-order valence-corrected chi connectivity index (χ3v) is 4.18. The van der Waals surface area contributed by atoms with E-state index in [1.807, 2.05) is 18.2 Å². The van der Waals surface area contributed by atoms with Gasteiger partial charge in [-0.25, -0.2) is 0 Å². The number of rotatable bonds is 5. The van der Waals surface area contributed by atoms with Crippen LogP contribution in [-0.4, -0.2) is 33.2 Å². The van der Waals surface area contributed by atoms with E-state index in [0.717, 1.165) is 5.56 Å². The summed E-state index contributed by atoms with van der Waals surface area (Å²) in [5, 5.41) is 14.6. The highest BCUT2D eigenvalue weighted by atomic mass is 35.5. The first-order valence-corrected chi connectivity index (χ1v) is 7.98. The lowest BCUT2D eigenvalue weighted by atomic mass is 10.1. The summed E-state index contributed by atoms with van der Waals surface area (Å²) in [6.07, 6.45) is 1.40. The van der Waals surface area contributed by atoms with Gasteiger partial charge in [0.05, 0.1) is 23.4 Å². The monoisotopic (exact) mass is 377 g/mol. The second kappa shape index (κ2) is 7.50. The first-order valence-electron chi connectivity index (χ1n) is 7.22. The summed E-state index contributed by atoms with van der Waals surface area (Å²) in [4.78, 5) is 12.5. The van der Waals surface area contributed by atoms with Gasteiger partial charge in [-0.05, 0) is 28.1 Å². The van der Waals surface area contributed by atoms with Gasteiger partial charge in [0.2, 0.25) is 0 Å². The molecule has 0 aliphatic carbocycles. The number of hydrogen-bond donors (Lipinski definition) is 1. The van der Waals surface area contributed by atoms with E-state index in [0.29, 0.717) is 27.0 Å². The smallest absolute Gasteiger partial charge is 0.255 e. The first-order chi connectivity index (χ1) is 12.1. The highest BCUT2D eigenvalue weighted by Gasteiger charge is 2.17. The molecule has 0 aliphatic heterocycles. The fraction of sp³-hybridized carbons (Fsp3) is 0.125. The molecule has 3 rings (SSSR count). The second-order valence-corrected chi connectivity index (χ2v) is 5.85. The number of ether oxygens (including phenoxy) is 1. The Balaban J connectivity index is 1.85. The van der Waals surface area contributed by atoms with Gasteiger partial charge >= 0.3 is 0 Å². The summed E-state index contributed by atoms with van der Waals surface area (Å²) >= 11 is 12.4. The fourth-order valence-electron chi connectivity index (χ4n) is 2.25. The van der Waals surface area contributed by atoms with Crippen molar-refractivity contribution in [2.75, 3.05) is 7.11 Å². The number of benzene rings is 2. The van der Waals surface area contributed by atoms with Crippen molar-refractivity contribution in [2.24, 2.45) is 0 Å². The van der Waals surface area contributed by atoms with E-state index in [1.54, 1.807) is 12.1 Å². The third kappa shape index (κ3) is 3.72. The molecule has 0 fully saturated rings. The van der Waals surface area contributed by atoms with E-state index in [4.69, 9.17) is 27.9 Å². The number of halogens is 2. The molecule has 0 spiro atoms. The Labute approximate surface area is 153 Å². The predicted molar refractivity (Wildman–Crippen MR) is 93.3 cm³/mol. The van der Waals surface area contributed by atoms with Crippen LogP contribution in [0.4, 0.5) is 0 Å². The van der Waals surface area contributed by atoms with Crippen molar-refractivity contribution in [3.63, 3.8) is 0 Å². The van der Waals surface area contributed by atoms with E-state index >= 15 is 0 Å². The molecule has 3 aromatic rings. The van der Waals surface area contributed by atoms with Crippen LogP contribution in [0.25, 0.3) is 5.69 Å². The van der Waals surface area contributed by atoms with Crippen LogP contribution >= 0.6 is 23.2 Å². The van der Waals surface area contributed by atoms with Crippen molar-refractivity contribution >= 4 is 29.1 Å². The number of aromatic nitrogens is 4. The zero-order valence-electron chi connectivity index (χ0n) is 13.1. The van der Waals surface area contributed by atoms with Gasteiger partial charge < -0.3 is 10.1 Å². The van der Waals surface area contributed by atoms with E-state index < -0.39 is 0 Å². The number of hydrogen-bond acceptors (Lipinski definition) is 5. The number of amides is 1. The summed E-state index contributed by atoms with van der Waals surface area (Å²) in [6.45, 7) is 0.286. The molecule has 0 saturated carbocycles. The number of tetrazole rings is 1. The molecule has 1 heterocycles. The second-order valence-electron chi connectivity index (χ2n) is 5.03. The lowest BCUT2D eigenvalue weighted by molar-refractivity contribution is 0.0948. The Morgan fingerprint density at radius 3 is 2.72 bits per heavy atom. The van der Waals surface area contributed by atoms with E-state index in [-0.39, 0.29) is 12.5 Å². The molecule has 0 bridgehead atoms. The van der Waals surface area contributed by atoms with Crippen LogP contribution in [0.2, 0.25) is 10.0 Å². The van der Waals surface area contributed by atoms with Gasteiger partial charge in [-0.15, -0.1) is 5.10 Å². The van der Waals surface area contributed by atoms with Crippen molar-refractivity contribution < 1.29 is 9.53 Å². The molecule has 7 nitrogen and oxygen atoms in total. The number of carbonyl (C=O) groups is 1. The summed E-state index contributed by atoms with van der Waals surface area (Å²) < 4.78 is 6.69. The third-order valence-electron chi connectivity index (χ3n) is 3.51. The summed E-state index contributed by atoms with van der Waals surface area (Å²) in [5.74, 6) is 0.0218. The Kier molecular flexibility index (Phi) is 5.16. The summed E-state index contributed by atoms with van der Waals surface area (Å²) in [5.41, 5.74) is 1.62. The maximum atomic E-state index is 12.5. The highest BCUT2D eigenvalue weighted by molar-refractivity contribution is 6.33. The van der Waals surface area contributed by atoms with Crippen LogP contribution in [0.3, 0.4) is 0 Å². The lowest BCUT2D eigenvalue weighted by Crippen LogP contribution is -2.23. The maximum absolute atomic E-state index is 12.5. The molecule has 1 amide bonds. The van der Waals surface area contributed by atoms with Gasteiger partial charge in [-0.2, -0.15) is 4.68 Å². The predicted octanol–water partition coefficient (Wildman–Crippen LogP) is 2.91. The molecule has 25 heavy (non-hydrogen) atoms. The quantitative estimate of drug-likeness (QED) is 0.738. The topological polar surface area (TPSA) is 81.9 Å². The van der Waals surface area contributed by atoms with Crippen LogP contribution in [0.15, 0.2) is 42.7 Å². The van der Waals surface area contributed by atoms with E-state index in [9.17, 15) is 4.79 Å². The lowest BCUT2D eigenvalue weighted by Gasteiger charge is -2.13. The zero-order valence-corrected chi connectivity index (χ0v) is 14.6. The average molecular weight is 378 g/mol. The van der Waals surface area contributed by atoms with Crippen molar-refractivity contribution in [3.05, 3.63) is 63.9 Å².